The molecule has 2 fully saturated rings. The van der Waals surface area contributed by atoms with Crippen molar-refractivity contribution in [3.63, 3.8) is 0 Å². The number of benzene rings is 2. The Hall–Kier alpha value is -3.30. The summed E-state index contributed by atoms with van der Waals surface area (Å²) in [4.78, 5) is 25.1. The highest BCUT2D eigenvalue weighted by Gasteiger charge is 2.38. The van der Waals surface area contributed by atoms with Crippen molar-refractivity contribution < 1.29 is 22.9 Å². The Morgan fingerprint density at radius 2 is 1.68 bits per heavy atom. The summed E-state index contributed by atoms with van der Waals surface area (Å²) in [5, 5.41) is 17.1. The molecule has 1 heterocycles. The minimum absolute atomic E-state index is 0.0501. The molecule has 0 bridgehead atoms. The fourth-order valence-electron chi connectivity index (χ4n) is 5.29. The molecule has 0 unspecified atom stereocenters. The predicted molar refractivity (Wildman–Crippen MR) is 137 cm³/mol. The highest BCUT2D eigenvalue weighted by atomic mass is 19.4. The Balaban J connectivity index is 1.20. The Morgan fingerprint density at radius 1 is 1.03 bits per heavy atom. The molecule has 2 N–H and O–H groups in total. The van der Waals surface area contributed by atoms with Gasteiger partial charge in [-0.15, -0.1) is 0 Å². The summed E-state index contributed by atoms with van der Waals surface area (Å²) in [6, 6.07) is 11.4. The van der Waals surface area contributed by atoms with Gasteiger partial charge in [0.2, 0.25) is 5.91 Å². The first kappa shape index (κ1) is 26.8. The molecule has 4 rings (SSSR count). The molecule has 1 amide bonds. The second-order valence-corrected chi connectivity index (χ2v) is 10.2. The third-order valence-corrected chi connectivity index (χ3v) is 7.55. The lowest BCUT2D eigenvalue weighted by atomic mass is 9.85. The minimum atomic E-state index is -4.81. The van der Waals surface area contributed by atoms with Crippen molar-refractivity contribution in [3.05, 3.63) is 63.7 Å². The smallest absolute Gasteiger partial charge is 0.382 e. The summed E-state index contributed by atoms with van der Waals surface area (Å²) in [6.07, 6.45) is -0.174. The first-order valence-corrected chi connectivity index (χ1v) is 12.8. The van der Waals surface area contributed by atoms with Crippen molar-refractivity contribution in [2.45, 2.75) is 57.7 Å². The molecular weight excluding hydrogens is 485 g/mol. The largest absolute Gasteiger partial charge is 0.423 e. The molecule has 2 aromatic rings. The van der Waals surface area contributed by atoms with Crippen LogP contribution in [0.4, 0.5) is 30.2 Å². The van der Waals surface area contributed by atoms with Crippen LogP contribution in [0.2, 0.25) is 0 Å². The molecule has 1 saturated carbocycles. The molecule has 1 aliphatic carbocycles. The molecule has 10 heteroatoms. The maximum absolute atomic E-state index is 13.2. The number of nitrogens with one attached hydrogen (secondary N) is 2. The van der Waals surface area contributed by atoms with E-state index >= 15 is 0 Å². The van der Waals surface area contributed by atoms with Crippen LogP contribution < -0.4 is 15.5 Å². The maximum Gasteiger partial charge on any atom is 0.423 e. The van der Waals surface area contributed by atoms with Crippen molar-refractivity contribution in [2.75, 3.05) is 29.9 Å². The molecule has 2 aromatic carbocycles. The van der Waals surface area contributed by atoms with Crippen LogP contribution in [0.25, 0.3) is 0 Å². The van der Waals surface area contributed by atoms with Gasteiger partial charge in [0, 0.05) is 49.0 Å². The van der Waals surface area contributed by atoms with Crippen LogP contribution >= 0.6 is 0 Å². The van der Waals surface area contributed by atoms with Gasteiger partial charge >= 0.3 is 6.18 Å². The SMILES string of the molecule is Cc1ccc(N2CCC(CNC(=O)[C@H]3CC[C@H](Nc4ccc([N+](=O)[O-])c(C(F)(F)F)c4)CC3)CC2)cc1. The highest BCUT2D eigenvalue weighted by molar-refractivity contribution is 5.78. The molecule has 200 valence electrons. The van der Waals surface area contributed by atoms with Crippen LogP contribution in [0.15, 0.2) is 42.5 Å². The van der Waals surface area contributed by atoms with Crippen LogP contribution in [0, 0.1) is 28.9 Å². The summed E-state index contributed by atoms with van der Waals surface area (Å²) in [5.74, 6) is 0.399. The summed E-state index contributed by atoms with van der Waals surface area (Å²) in [6.45, 7) is 4.69. The third kappa shape index (κ3) is 6.93. The number of alkyl halides is 3. The first-order valence-electron chi connectivity index (χ1n) is 12.8. The van der Waals surface area contributed by atoms with E-state index in [2.05, 4.69) is 46.7 Å². The van der Waals surface area contributed by atoms with Gasteiger partial charge in [0.25, 0.3) is 5.69 Å². The fourth-order valence-corrected chi connectivity index (χ4v) is 5.29. The van der Waals surface area contributed by atoms with Gasteiger partial charge in [-0.05, 0) is 75.6 Å². The van der Waals surface area contributed by atoms with Crippen LogP contribution in [-0.4, -0.2) is 36.5 Å². The van der Waals surface area contributed by atoms with E-state index < -0.39 is 22.4 Å². The lowest BCUT2D eigenvalue weighted by Gasteiger charge is -2.34. The number of amides is 1. The second-order valence-electron chi connectivity index (χ2n) is 10.2. The number of nitrogens with zero attached hydrogens (tertiary/aromatic N) is 2. The number of anilines is 2. The summed E-state index contributed by atoms with van der Waals surface area (Å²) < 4.78 is 39.7. The number of hydrogen-bond donors (Lipinski definition) is 2. The molecule has 37 heavy (non-hydrogen) atoms. The zero-order chi connectivity index (χ0) is 26.6. The molecule has 1 aliphatic heterocycles. The molecular formula is C27H33F3N4O3. The van der Waals surface area contributed by atoms with Gasteiger partial charge < -0.3 is 15.5 Å². The summed E-state index contributed by atoms with van der Waals surface area (Å²) >= 11 is 0. The zero-order valence-electron chi connectivity index (χ0n) is 20.9. The lowest BCUT2D eigenvalue weighted by Crippen LogP contribution is -2.41. The number of carbonyl (C=O) groups is 1. The number of halogens is 3. The third-order valence-electron chi connectivity index (χ3n) is 7.55. The summed E-state index contributed by atoms with van der Waals surface area (Å²) in [5.41, 5.74) is 0.456. The van der Waals surface area contributed by atoms with E-state index in [9.17, 15) is 28.1 Å². The molecule has 0 radical (unpaired) electrons. The number of hydrogen-bond acceptors (Lipinski definition) is 5. The van der Waals surface area contributed by atoms with Gasteiger partial charge in [-0.3, -0.25) is 14.9 Å². The van der Waals surface area contributed by atoms with E-state index in [4.69, 9.17) is 0 Å². The zero-order valence-corrected chi connectivity index (χ0v) is 20.9. The van der Waals surface area contributed by atoms with E-state index in [0.29, 0.717) is 38.1 Å². The molecule has 0 atom stereocenters. The lowest BCUT2D eigenvalue weighted by molar-refractivity contribution is -0.388. The standard InChI is InChI=1S/C27H33F3N4O3/c1-18-2-9-23(10-3-18)33-14-12-19(13-15-33)17-31-26(35)20-4-6-21(7-5-20)32-22-8-11-25(34(36)37)24(16-22)27(28,29)30/h2-3,8-11,16,19-21,32H,4-7,12-15,17H2,1H3,(H,31,35)/t20-,21-. The quantitative estimate of drug-likeness (QED) is 0.351. The topological polar surface area (TPSA) is 87.5 Å². The van der Waals surface area contributed by atoms with Crippen molar-refractivity contribution in [1.82, 2.24) is 5.32 Å². The van der Waals surface area contributed by atoms with Crippen LogP contribution in [0.5, 0.6) is 0 Å². The Morgan fingerprint density at radius 3 is 2.27 bits per heavy atom. The van der Waals surface area contributed by atoms with Crippen molar-refractivity contribution in [1.29, 1.82) is 0 Å². The minimum Gasteiger partial charge on any atom is -0.382 e. The van der Waals surface area contributed by atoms with E-state index in [-0.39, 0.29) is 23.6 Å². The van der Waals surface area contributed by atoms with Crippen molar-refractivity contribution in [3.8, 4) is 0 Å². The average Bonchev–Trinajstić information content (AvgIpc) is 2.88. The first-order chi connectivity index (χ1) is 17.6. The summed E-state index contributed by atoms with van der Waals surface area (Å²) in [7, 11) is 0. The van der Waals surface area contributed by atoms with Crippen LogP contribution in [0.3, 0.4) is 0 Å². The maximum atomic E-state index is 13.2. The predicted octanol–water partition coefficient (Wildman–Crippen LogP) is 5.93. The van der Waals surface area contributed by atoms with Crippen molar-refractivity contribution >= 4 is 23.0 Å². The fraction of sp³-hybridized carbons (Fsp3) is 0.519. The highest BCUT2D eigenvalue weighted by Crippen LogP contribution is 2.38. The monoisotopic (exact) mass is 518 g/mol. The molecule has 0 spiro atoms. The van der Waals surface area contributed by atoms with Gasteiger partial charge in [-0.1, -0.05) is 17.7 Å². The van der Waals surface area contributed by atoms with Gasteiger partial charge in [0.05, 0.1) is 4.92 Å². The molecule has 2 aliphatic rings. The number of nitro benzene ring substituents is 1. The van der Waals surface area contributed by atoms with Gasteiger partial charge in [0.1, 0.15) is 5.56 Å². The molecule has 7 nitrogen and oxygen atoms in total. The average molecular weight is 519 g/mol. The molecule has 0 aromatic heterocycles. The Bertz CT molecular complexity index is 1090. The van der Waals surface area contributed by atoms with Crippen molar-refractivity contribution in [2.24, 2.45) is 11.8 Å². The number of nitro groups is 1. The number of rotatable bonds is 7. The van der Waals surface area contributed by atoms with Gasteiger partial charge in [-0.2, -0.15) is 13.2 Å². The number of carbonyl (C=O) groups excluding carboxylic acids is 1. The van der Waals surface area contributed by atoms with Gasteiger partial charge in [0.15, 0.2) is 0 Å². The van der Waals surface area contributed by atoms with E-state index in [1.54, 1.807) is 0 Å². The normalized spacial score (nSPS) is 20.9. The van der Waals surface area contributed by atoms with Gasteiger partial charge in [-0.25, -0.2) is 0 Å². The van der Waals surface area contributed by atoms with Crippen LogP contribution in [-0.2, 0) is 11.0 Å². The number of aryl methyl sites for hydroxylation is 1. The molecule has 1 saturated heterocycles. The van der Waals surface area contributed by atoms with E-state index in [1.807, 2.05) is 0 Å². The van der Waals surface area contributed by atoms with E-state index in [1.165, 1.54) is 17.3 Å². The van der Waals surface area contributed by atoms with Crippen LogP contribution in [0.1, 0.15) is 49.7 Å². The Kier molecular flexibility index (Phi) is 8.24. The van der Waals surface area contributed by atoms with E-state index in [0.717, 1.165) is 38.1 Å². The second kappa shape index (κ2) is 11.4. The Labute approximate surface area is 214 Å². The number of piperidine rings is 1.